The molecule has 15 heavy (non-hydrogen) atoms. The number of rotatable bonds is 4. The van der Waals surface area contributed by atoms with E-state index in [0.717, 1.165) is 26.1 Å². The second-order valence-corrected chi connectivity index (χ2v) is 5.24. The van der Waals surface area contributed by atoms with Gasteiger partial charge in [-0.25, -0.2) is 0 Å². The van der Waals surface area contributed by atoms with E-state index in [1.165, 1.54) is 18.4 Å². The summed E-state index contributed by atoms with van der Waals surface area (Å²) in [6, 6.07) is 2.18. The first-order valence-corrected chi connectivity index (χ1v) is 6.59. The zero-order valence-electron chi connectivity index (χ0n) is 9.29. The molecule has 1 N–H and O–H groups in total. The van der Waals surface area contributed by atoms with Crippen molar-refractivity contribution in [3.8, 4) is 0 Å². The first kappa shape index (κ1) is 11.1. The van der Waals surface area contributed by atoms with Gasteiger partial charge < -0.3 is 10.1 Å². The van der Waals surface area contributed by atoms with E-state index in [-0.39, 0.29) is 5.60 Å². The van der Waals surface area contributed by atoms with Crippen LogP contribution in [0.15, 0.2) is 16.8 Å². The third kappa shape index (κ3) is 3.30. The summed E-state index contributed by atoms with van der Waals surface area (Å²) in [5, 5.41) is 7.72. The largest absolute Gasteiger partial charge is 0.374 e. The highest BCUT2D eigenvalue weighted by molar-refractivity contribution is 7.07. The van der Waals surface area contributed by atoms with Crippen LogP contribution in [0.5, 0.6) is 0 Å². The van der Waals surface area contributed by atoms with Crippen molar-refractivity contribution in [3.05, 3.63) is 22.4 Å². The molecule has 0 aliphatic carbocycles. The standard InChI is InChI=1S/C12H19NOS/c1-12(5-2-6-13-10-12)14-7-3-11-4-8-15-9-11/h4,8-9,13H,2-3,5-7,10H2,1H3. The number of ether oxygens (including phenoxy) is 1. The van der Waals surface area contributed by atoms with Crippen molar-refractivity contribution >= 4 is 11.3 Å². The van der Waals surface area contributed by atoms with Crippen LogP contribution in [0.4, 0.5) is 0 Å². The monoisotopic (exact) mass is 225 g/mol. The molecule has 2 heterocycles. The Balaban J connectivity index is 1.72. The molecule has 1 atom stereocenters. The van der Waals surface area contributed by atoms with Gasteiger partial charge in [0.05, 0.1) is 12.2 Å². The maximum Gasteiger partial charge on any atom is 0.0778 e. The lowest BCUT2D eigenvalue weighted by Crippen LogP contribution is -2.45. The van der Waals surface area contributed by atoms with Gasteiger partial charge in [-0.1, -0.05) is 0 Å². The highest BCUT2D eigenvalue weighted by Gasteiger charge is 2.26. The lowest BCUT2D eigenvalue weighted by molar-refractivity contribution is -0.0450. The number of nitrogens with one attached hydrogen (secondary N) is 1. The van der Waals surface area contributed by atoms with Crippen LogP contribution in [0.1, 0.15) is 25.3 Å². The Kier molecular flexibility index (Phi) is 3.78. The van der Waals surface area contributed by atoms with Crippen LogP contribution < -0.4 is 5.32 Å². The molecule has 1 aliphatic heterocycles. The molecule has 1 fully saturated rings. The summed E-state index contributed by atoms with van der Waals surface area (Å²) in [6.07, 6.45) is 3.46. The van der Waals surface area contributed by atoms with Crippen molar-refractivity contribution in [2.75, 3.05) is 19.7 Å². The molecule has 2 nitrogen and oxygen atoms in total. The zero-order valence-corrected chi connectivity index (χ0v) is 10.1. The molecule has 3 heteroatoms. The van der Waals surface area contributed by atoms with Crippen LogP contribution in [0.3, 0.4) is 0 Å². The summed E-state index contributed by atoms with van der Waals surface area (Å²) in [5.41, 5.74) is 1.46. The molecule has 1 unspecified atom stereocenters. The third-order valence-electron chi connectivity index (χ3n) is 2.98. The molecule has 1 aromatic heterocycles. The molecule has 0 bridgehead atoms. The van der Waals surface area contributed by atoms with Crippen molar-refractivity contribution < 1.29 is 4.74 Å². The van der Waals surface area contributed by atoms with E-state index in [2.05, 4.69) is 29.1 Å². The number of thiophene rings is 1. The Bertz CT molecular complexity index is 278. The molecule has 1 aliphatic rings. The Labute approximate surface area is 95.6 Å². The molecule has 0 spiro atoms. The third-order valence-corrected chi connectivity index (χ3v) is 3.71. The van der Waals surface area contributed by atoms with Crippen molar-refractivity contribution in [3.63, 3.8) is 0 Å². The fourth-order valence-corrected chi connectivity index (χ4v) is 2.71. The van der Waals surface area contributed by atoms with Crippen molar-refractivity contribution in [1.29, 1.82) is 0 Å². The number of hydrogen-bond donors (Lipinski definition) is 1. The van der Waals surface area contributed by atoms with E-state index in [0.29, 0.717) is 0 Å². The van der Waals surface area contributed by atoms with Crippen LogP contribution in [-0.4, -0.2) is 25.3 Å². The molecule has 2 rings (SSSR count). The van der Waals surface area contributed by atoms with Crippen molar-refractivity contribution in [2.24, 2.45) is 0 Å². The van der Waals surface area contributed by atoms with E-state index < -0.39 is 0 Å². The van der Waals surface area contributed by atoms with Crippen LogP contribution in [-0.2, 0) is 11.2 Å². The fraction of sp³-hybridized carbons (Fsp3) is 0.667. The Morgan fingerprint density at radius 1 is 1.60 bits per heavy atom. The van der Waals surface area contributed by atoms with E-state index >= 15 is 0 Å². The molecule has 84 valence electrons. The van der Waals surface area contributed by atoms with Gasteiger partial charge in [-0.05, 0) is 55.1 Å². The summed E-state index contributed by atoms with van der Waals surface area (Å²) in [6.45, 7) is 5.20. The first-order valence-electron chi connectivity index (χ1n) is 5.64. The Hall–Kier alpha value is -0.380. The minimum atomic E-state index is 0.0638. The van der Waals surface area contributed by atoms with Gasteiger partial charge in [0, 0.05) is 6.54 Å². The summed E-state index contributed by atoms with van der Waals surface area (Å²) < 4.78 is 5.99. The molecule has 0 saturated carbocycles. The topological polar surface area (TPSA) is 21.3 Å². The lowest BCUT2D eigenvalue weighted by Gasteiger charge is -2.34. The van der Waals surface area contributed by atoms with Crippen molar-refractivity contribution in [1.82, 2.24) is 5.32 Å². The average molecular weight is 225 g/mol. The maximum atomic E-state index is 5.99. The number of hydrogen-bond acceptors (Lipinski definition) is 3. The summed E-state index contributed by atoms with van der Waals surface area (Å²) in [4.78, 5) is 0. The molecule has 0 radical (unpaired) electrons. The molecular weight excluding hydrogens is 206 g/mol. The molecular formula is C12H19NOS. The number of piperidine rings is 1. The minimum Gasteiger partial charge on any atom is -0.374 e. The summed E-state index contributed by atoms with van der Waals surface area (Å²) >= 11 is 1.76. The quantitative estimate of drug-likeness (QED) is 0.850. The van der Waals surface area contributed by atoms with Gasteiger partial charge in [-0.15, -0.1) is 0 Å². The van der Waals surface area contributed by atoms with Crippen LogP contribution in [0.25, 0.3) is 0 Å². The Morgan fingerprint density at radius 2 is 2.53 bits per heavy atom. The van der Waals surface area contributed by atoms with Crippen LogP contribution in [0, 0.1) is 0 Å². The van der Waals surface area contributed by atoms with Crippen molar-refractivity contribution in [2.45, 2.75) is 31.8 Å². The SMILES string of the molecule is CC1(OCCc2ccsc2)CCCNC1. The minimum absolute atomic E-state index is 0.0638. The summed E-state index contributed by atoms with van der Waals surface area (Å²) in [5.74, 6) is 0. The highest BCUT2D eigenvalue weighted by atomic mass is 32.1. The first-order chi connectivity index (χ1) is 7.29. The van der Waals surface area contributed by atoms with Gasteiger partial charge >= 0.3 is 0 Å². The normalized spacial score (nSPS) is 26.7. The summed E-state index contributed by atoms with van der Waals surface area (Å²) in [7, 11) is 0. The van der Waals surface area contributed by atoms with Gasteiger partial charge in [0.15, 0.2) is 0 Å². The van der Waals surface area contributed by atoms with Gasteiger partial charge in [-0.2, -0.15) is 11.3 Å². The van der Waals surface area contributed by atoms with E-state index in [9.17, 15) is 0 Å². The van der Waals surface area contributed by atoms with Gasteiger partial charge in [0.2, 0.25) is 0 Å². The average Bonchev–Trinajstić information content (AvgIpc) is 2.71. The lowest BCUT2D eigenvalue weighted by atomic mass is 9.96. The van der Waals surface area contributed by atoms with Crippen LogP contribution >= 0.6 is 11.3 Å². The molecule has 0 amide bonds. The molecule has 0 aromatic carbocycles. The van der Waals surface area contributed by atoms with Gasteiger partial charge in [-0.3, -0.25) is 0 Å². The Morgan fingerprint density at radius 3 is 3.20 bits per heavy atom. The second kappa shape index (κ2) is 5.10. The van der Waals surface area contributed by atoms with Gasteiger partial charge in [0.25, 0.3) is 0 Å². The van der Waals surface area contributed by atoms with E-state index in [4.69, 9.17) is 4.74 Å². The predicted molar refractivity (Wildman–Crippen MR) is 64.5 cm³/mol. The van der Waals surface area contributed by atoms with E-state index in [1.54, 1.807) is 11.3 Å². The second-order valence-electron chi connectivity index (χ2n) is 4.46. The van der Waals surface area contributed by atoms with Gasteiger partial charge in [0.1, 0.15) is 0 Å². The smallest absolute Gasteiger partial charge is 0.0778 e. The zero-order chi connectivity index (χ0) is 10.6. The maximum absolute atomic E-state index is 5.99. The molecule has 1 saturated heterocycles. The van der Waals surface area contributed by atoms with Crippen LogP contribution in [0.2, 0.25) is 0 Å². The molecule has 1 aromatic rings. The van der Waals surface area contributed by atoms with E-state index in [1.807, 2.05) is 0 Å². The highest BCUT2D eigenvalue weighted by Crippen LogP contribution is 2.20. The predicted octanol–water partition coefficient (Wildman–Crippen LogP) is 2.45. The fourth-order valence-electron chi connectivity index (χ4n) is 2.00.